The third-order valence-electron chi connectivity index (χ3n) is 3.63. The third-order valence-corrected chi connectivity index (χ3v) is 4.85. The number of primary amides is 1. The Bertz CT molecular complexity index is 884. The number of carbonyl (C=O) groups is 1. The molecule has 3 aromatic rings. The Labute approximate surface area is 148 Å². The van der Waals surface area contributed by atoms with E-state index in [2.05, 4.69) is 10.2 Å². The molecule has 1 heterocycles. The topological polar surface area (TPSA) is 99.8 Å². The average molecular weight is 357 g/mol. The molecule has 0 aliphatic carbocycles. The minimum Gasteiger partial charge on any atom is -0.368 e. The van der Waals surface area contributed by atoms with Crippen LogP contribution >= 0.6 is 11.8 Å². The van der Waals surface area contributed by atoms with Crippen molar-refractivity contribution >= 4 is 17.7 Å². The smallest absolute Gasteiger partial charge is 0.235 e. The highest BCUT2D eigenvalue weighted by Gasteiger charge is 2.23. The molecule has 1 aromatic heterocycles. The molecule has 0 aliphatic heterocycles. The van der Waals surface area contributed by atoms with Crippen molar-refractivity contribution in [2.75, 3.05) is 5.84 Å². The number of carbonyl (C=O) groups excluding carboxylic acids is 1. The van der Waals surface area contributed by atoms with Crippen LogP contribution in [0.1, 0.15) is 22.2 Å². The zero-order valence-electron chi connectivity index (χ0n) is 13.2. The van der Waals surface area contributed by atoms with Crippen molar-refractivity contribution in [3.63, 3.8) is 0 Å². The molecule has 4 N–H and O–H groups in total. The minimum absolute atomic E-state index is 0.198. The summed E-state index contributed by atoms with van der Waals surface area (Å²) in [6, 6.07) is 15.5. The van der Waals surface area contributed by atoms with Gasteiger partial charge >= 0.3 is 0 Å². The van der Waals surface area contributed by atoms with Gasteiger partial charge in [0.1, 0.15) is 11.1 Å². The van der Waals surface area contributed by atoms with E-state index < -0.39 is 11.2 Å². The number of halogens is 1. The third kappa shape index (κ3) is 3.80. The Hall–Kier alpha value is -2.87. The second-order valence-electron chi connectivity index (χ2n) is 5.35. The van der Waals surface area contributed by atoms with E-state index in [1.807, 2.05) is 18.2 Å². The van der Waals surface area contributed by atoms with Crippen molar-refractivity contribution in [2.24, 2.45) is 5.73 Å². The van der Waals surface area contributed by atoms with Gasteiger partial charge < -0.3 is 11.6 Å². The molecular formula is C17H16FN5OS. The molecule has 0 spiro atoms. The Morgan fingerprint density at radius 1 is 1.12 bits per heavy atom. The molecule has 25 heavy (non-hydrogen) atoms. The summed E-state index contributed by atoms with van der Waals surface area (Å²) in [5, 5.41) is 7.70. The number of thioether (sulfide) groups is 1. The second-order valence-corrected chi connectivity index (χ2v) is 6.42. The molecule has 1 atom stereocenters. The molecule has 6 nitrogen and oxygen atoms in total. The number of benzene rings is 2. The lowest BCUT2D eigenvalue weighted by Crippen LogP contribution is -2.21. The standard InChI is InChI=1S/C17H16FN5OS/c18-13-9-5-4-8-12(13)10-14-21-22-17(23(14)20)25-15(16(19)24)11-6-2-1-3-7-11/h1-9,15H,10,20H2,(H2,19,24). The van der Waals surface area contributed by atoms with E-state index in [4.69, 9.17) is 11.6 Å². The fourth-order valence-corrected chi connectivity index (χ4v) is 3.27. The highest BCUT2D eigenvalue weighted by atomic mass is 32.2. The lowest BCUT2D eigenvalue weighted by molar-refractivity contribution is -0.117. The van der Waals surface area contributed by atoms with Gasteiger partial charge in [-0.1, -0.05) is 60.3 Å². The van der Waals surface area contributed by atoms with Crippen LogP contribution in [0.2, 0.25) is 0 Å². The summed E-state index contributed by atoms with van der Waals surface area (Å²) in [6.45, 7) is 0. The highest BCUT2D eigenvalue weighted by Crippen LogP contribution is 2.33. The van der Waals surface area contributed by atoms with Crippen LogP contribution in [0.5, 0.6) is 0 Å². The first-order valence-corrected chi connectivity index (χ1v) is 8.38. The van der Waals surface area contributed by atoms with Crippen molar-refractivity contribution in [1.29, 1.82) is 0 Å². The van der Waals surface area contributed by atoms with Gasteiger partial charge in [-0.3, -0.25) is 4.79 Å². The Morgan fingerprint density at radius 3 is 2.48 bits per heavy atom. The monoisotopic (exact) mass is 357 g/mol. The Kier molecular flexibility index (Phi) is 4.99. The summed E-state index contributed by atoms with van der Waals surface area (Å²) in [6.07, 6.45) is 0.198. The van der Waals surface area contributed by atoms with Gasteiger partial charge in [-0.2, -0.15) is 0 Å². The number of nitrogens with two attached hydrogens (primary N) is 2. The maximum absolute atomic E-state index is 13.8. The van der Waals surface area contributed by atoms with Crippen LogP contribution in [0.25, 0.3) is 0 Å². The molecule has 0 aliphatic rings. The van der Waals surface area contributed by atoms with Crippen LogP contribution in [0.15, 0.2) is 59.8 Å². The number of rotatable bonds is 6. The highest BCUT2D eigenvalue weighted by molar-refractivity contribution is 8.00. The SMILES string of the molecule is NC(=O)C(Sc1nnc(Cc2ccccc2F)n1N)c1ccccc1. The van der Waals surface area contributed by atoms with Gasteiger partial charge in [0.2, 0.25) is 11.1 Å². The quantitative estimate of drug-likeness (QED) is 0.519. The molecule has 8 heteroatoms. The molecule has 1 amide bonds. The molecule has 3 rings (SSSR count). The first-order valence-electron chi connectivity index (χ1n) is 7.50. The van der Waals surface area contributed by atoms with E-state index in [0.29, 0.717) is 16.5 Å². The Balaban J connectivity index is 1.83. The molecule has 0 radical (unpaired) electrons. The van der Waals surface area contributed by atoms with Crippen molar-refractivity contribution in [2.45, 2.75) is 16.8 Å². The van der Waals surface area contributed by atoms with Gasteiger partial charge in [0, 0.05) is 6.42 Å². The maximum Gasteiger partial charge on any atom is 0.235 e. The van der Waals surface area contributed by atoms with Crippen LogP contribution in [0, 0.1) is 5.82 Å². The normalized spacial score (nSPS) is 12.0. The predicted molar refractivity (Wildman–Crippen MR) is 93.6 cm³/mol. The van der Waals surface area contributed by atoms with E-state index in [1.165, 1.54) is 10.7 Å². The summed E-state index contributed by atoms with van der Waals surface area (Å²) < 4.78 is 15.0. The van der Waals surface area contributed by atoms with E-state index in [1.54, 1.807) is 30.3 Å². The fourth-order valence-electron chi connectivity index (χ4n) is 2.34. The average Bonchev–Trinajstić information content (AvgIpc) is 2.95. The van der Waals surface area contributed by atoms with Crippen molar-refractivity contribution in [3.8, 4) is 0 Å². The number of nitrogens with zero attached hydrogens (tertiary/aromatic N) is 3. The van der Waals surface area contributed by atoms with Crippen LogP contribution in [0.4, 0.5) is 4.39 Å². The molecule has 128 valence electrons. The minimum atomic E-state index is -0.644. The van der Waals surface area contributed by atoms with E-state index in [9.17, 15) is 9.18 Å². The zero-order valence-corrected chi connectivity index (χ0v) is 14.0. The zero-order chi connectivity index (χ0) is 17.8. The summed E-state index contributed by atoms with van der Waals surface area (Å²) in [5.74, 6) is 5.58. The number of hydrogen-bond acceptors (Lipinski definition) is 5. The number of amides is 1. The number of nitrogen functional groups attached to an aromatic ring is 1. The van der Waals surface area contributed by atoms with Gasteiger partial charge in [0.15, 0.2) is 5.82 Å². The summed E-state index contributed by atoms with van der Waals surface area (Å²) >= 11 is 1.11. The number of hydrogen-bond donors (Lipinski definition) is 2. The van der Waals surface area contributed by atoms with E-state index >= 15 is 0 Å². The Morgan fingerprint density at radius 2 is 1.80 bits per heavy atom. The van der Waals surface area contributed by atoms with Crippen LogP contribution in [0.3, 0.4) is 0 Å². The first kappa shape index (κ1) is 17.0. The second kappa shape index (κ2) is 7.35. The van der Waals surface area contributed by atoms with Gasteiger partial charge in [-0.15, -0.1) is 10.2 Å². The van der Waals surface area contributed by atoms with Gasteiger partial charge in [-0.25, -0.2) is 9.07 Å². The molecule has 0 saturated heterocycles. The number of aromatic nitrogens is 3. The summed E-state index contributed by atoms with van der Waals surface area (Å²) in [4.78, 5) is 11.8. The van der Waals surface area contributed by atoms with Crippen molar-refractivity contribution < 1.29 is 9.18 Å². The molecule has 2 aromatic carbocycles. The van der Waals surface area contributed by atoms with Crippen LogP contribution < -0.4 is 11.6 Å². The fraction of sp³-hybridized carbons (Fsp3) is 0.118. The van der Waals surface area contributed by atoms with E-state index in [0.717, 1.165) is 17.3 Å². The lowest BCUT2D eigenvalue weighted by Gasteiger charge is -2.12. The van der Waals surface area contributed by atoms with Crippen molar-refractivity contribution in [1.82, 2.24) is 14.9 Å². The van der Waals surface area contributed by atoms with Crippen molar-refractivity contribution in [3.05, 3.63) is 77.4 Å². The molecule has 1 unspecified atom stereocenters. The lowest BCUT2D eigenvalue weighted by atomic mass is 10.1. The first-order chi connectivity index (χ1) is 12.1. The molecule has 0 saturated carbocycles. The molecule has 0 bridgehead atoms. The maximum atomic E-state index is 13.8. The summed E-state index contributed by atoms with van der Waals surface area (Å²) in [7, 11) is 0. The van der Waals surface area contributed by atoms with Crippen LogP contribution in [-0.2, 0) is 11.2 Å². The van der Waals surface area contributed by atoms with Gasteiger partial charge in [0.25, 0.3) is 0 Å². The van der Waals surface area contributed by atoms with Gasteiger partial charge in [-0.05, 0) is 17.2 Å². The van der Waals surface area contributed by atoms with Gasteiger partial charge in [0.05, 0.1) is 0 Å². The molecule has 0 fully saturated rings. The predicted octanol–water partition coefficient (Wildman–Crippen LogP) is 2.04. The molecular weight excluding hydrogens is 341 g/mol. The largest absolute Gasteiger partial charge is 0.368 e. The van der Waals surface area contributed by atoms with Crippen LogP contribution in [-0.4, -0.2) is 20.8 Å². The van der Waals surface area contributed by atoms with E-state index in [-0.39, 0.29) is 12.2 Å². The summed E-state index contributed by atoms with van der Waals surface area (Å²) in [5.41, 5.74) is 6.72.